The molecule has 1 aliphatic heterocycles. The number of thiophene rings is 1. The van der Waals surface area contributed by atoms with Gasteiger partial charge in [0.2, 0.25) is 11.8 Å². The first kappa shape index (κ1) is 26.4. The molecule has 1 fully saturated rings. The van der Waals surface area contributed by atoms with Gasteiger partial charge in [0, 0.05) is 27.8 Å². The van der Waals surface area contributed by atoms with Crippen molar-refractivity contribution in [1.82, 2.24) is 16.0 Å². The van der Waals surface area contributed by atoms with Crippen molar-refractivity contribution in [3.8, 4) is 5.75 Å². The molecule has 0 unspecified atom stereocenters. The van der Waals surface area contributed by atoms with E-state index in [-0.39, 0.29) is 12.3 Å². The van der Waals surface area contributed by atoms with Gasteiger partial charge in [-0.2, -0.15) is 0 Å². The van der Waals surface area contributed by atoms with E-state index < -0.39 is 29.8 Å². The fourth-order valence-electron chi connectivity index (χ4n) is 3.73. The summed E-state index contributed by atoms with van der Waals surface area (Å²) in [5.74, 6) is -0.802. The normalized spacial score (nSPS) is 15.9. The third-order valence-corrected chi connectivity index (χ3v) is 6.71. The minimum absolute atomic E-state index is 0.0722. The lowest BCUT2D eigenvalue weighted by molar-refractivity contribution is -0.132. The quantitative estimate of drug-likeness (QED) is 0.172. The number of hydrogen-bond acceptors (Lipinski definition) is 7. The zero-order valence-electron chi connectivity index (χ0n) is 19.9. The zero-order chi connectivity index (χ0) is 25.2. The van der Waals surface area contributed by atoms with Gasteiger partial charge in [-0.1, -0.05) is 19.8 Å². The van der Waals surface area contributed by atoms with Gasteiger partial charge in [-0.15, -0.1) is 11.3 Å². The maximum Gasteiger partial charge on any atom is 0.251 e. The molecule has 3 amide bonds. The van der Waals surface area contributed by atoms with Crippen molar-refractivity contribution in [3.63, 3.8) is 0 Å². The molecule has 2 aromatic rings. The number of carbonyl (C=O) groups excluding carboxylic acids is 3. The molecule has 3 rings (SSSR count). The molecule has 1 saturated heterocycles. The van der Waals surface area contributed by atoms with Gasteiger partial charge in [0.15, 0.2) is 0 Å². The first-order valence-electron chi connectivity index (χ1n) is 11.9. The van der Waals surface area contributed by atoms with Crippen LogP contribution in [0.4, 0.5) is 0 Å². The smallest absolute Gasteiger partial charge is 0.251 e. The van der Waals surface area contributed by atoms with Gasteiger partial charge in [-0.25, -0.2) is 0 Å². The first-order chi connectivity index (χ1) is 16.9. The zero-order valence-corrected chi connectivity index (χ0v) is 20.7. The number of amides is 3. The van der Waals surface area contributed by atoms with E-state index in [2.05, 4.69) is 22.9 Å². The Balaban J connectivity index is 1.67. The second kappa shape index (κ2) is 13.0. The van der Waals surface area contributed by atoms with Crippen LogP contribution in [0.5, 0.6) is 5.75 Å². The number of rotatable bonds is 12. The standard InChI is InChI=1S/C25H33N5O4S/c1-2-3-4-12-34-18-9-7-16(8-10-18)23(31)29-21(14-19-13-17(15-35-19)22(26)27)25(33)30-24(32)20-6-5-11-28-20/h7-10,13,15,20-21,28H,2-6,11-12,14H2,1H3,(H3,26,27)(H,29,31)(H,30,32,33)/t20-,21-/m0/s1. The van der Waals surface area contributed by atoms with Gasteiger partial charge < -0.3 is 21.1 Å². The Hall–Kier alpha value is -3.24. The van der Waals surface area contributed by atoms with Crippen LogP contribution in [0.15, 0.2) is 35.7 Å². The molecule has 188 valence electrons. The number of ether oxygens (including phenoxy) is 1. The number of unbranched alkanes of at least 4 members (excludes halogenated alkanes) is 2. The Labute approximate surface area is 209 Å². The summed E-state index contributed by atoms with van der Waals surface area (Å²) in [5, 5.41) is 17.6. The average molecular weight is 500 g/mol. The van der Waals surface area contributed by atoms with Crippen molar-refractivity contribution in [3.05, 3.63) is 51.7 Å². The molecule has 2 heterocycles. The summed E-state index contributed by atoms with van der Waals surface area (Å²) < 4.78 is 5.69. The summed E-state index contributed by atoms with van der Waals surface area (Å²) in [4.78, 5) is 39.2. The molecule has 0 bridgehead atoms. The van der Waals surface area contributed by atoms with Gasteiger partial charge in [0.25, 0.3) is 5.91 Å². The van der Waals surface area contributed by atoms with E-state index in [1.54, 1.807) is 35.7 Å². The van der Waals surface area contributed by atoms with E-state index in [1.165, 1.54) is 11.3 Å². The van der Waals surface area contributed by atoms with Crippen molar-refractivity contribution in [1.29, 1.82) is 5.41 Å². The molecule has 0 saturated carbocycles. The molecular weight excluding hydrogens is 466 g/mol. The van der Waals surface area contributed by atoms with Crippen LogP contribution >= 0.6 is 11.3 Å². The van der Waals surface area contributed by atoms with Gasteiger partial charge in [-0.3, -0.25) is 25.1 Å². The van der Waals surface area contributed by atoms with Crippen LogP contribution in [-0.2, 0) is 16.0 Å². The number of nitrogen functional groups attached to an aromatic ring is 1. The van der Waals surface area contributed by atoms with Crippen LogP contribution in [-0.4, -0.2) is 48.8 Å². The molecule has 2 atom stereocenters. The second-order valence-electron chi connectivity index (χ2n) is 8.53. The number of nitrogens with two attached hydrogens (primary N) is 1. The highest BCUT2D eigenvalue weighted by atomic mass is 32.1. The number of hydrogen-bond donors (Lipinski definition) is 5. The summed E-state index contributed by atoms with van der Waals surface area (Å²) in [5.41, 5.74) is 6.48. The third-order valence-electron chi connectivity index (χ3n) is 5.75. The lowest BCUT2D eigenvalue weighted by atomic mass is 10.1. The van der Waals surface area contributed by atoms with Crippen molar-refractivity contribution in [2.45, 2.75) is 57.5 Å². The maximum atomic E-state index is 13.0. The maximum absolute atomic E-state index is 13.0. The highest BCUT2D eigenvalue weighted by molar-refractivity contribution is 7.10. The van der Waals surface area contributed by atoms with E-state index in [1.807, 2.05) is 0 Å². The van der Waals surface area contributed by atoms with Gasteiger partial charge in [0.05, 0.1) is 12.6 Å². The summed E-state index contributed by atoms with van der Waals surface area (Å²) in [7, 11) is 0. The predicted octanol–water partition coefficient (Wildman–Crippen LogP) is 2.34. The lowest BCUT2D eigenvalue weighted by Crippen LogP contribution is -2.52. The molecule has 0 spiro atoms. The van der Waals surface area contributed by atoms with Crippen molar-refractivity contribution < 1.29 is 19.1 Å². The molecule has 1 aliphatic rings. The molecule has 1 aromatic heterocycles. The first-order valence-corrected chi connectivity index (χ1v) is 12.8. The van der Waals surface area contributed by atoms with Gasteiger partial charge >= 0.3 is 0 Å². The number of amidine groups is 1. The fourth-order valence-corrected chi connectivity index (χ4v) is 4.66. The van der Waals surface area contributed by atoms with Gasteiger partial charge in [-0.05, 0) is 56.1 Å². The largest absolute Gasteiger partial charge is 0.494 e. The molecule has 1 aromatic carbocycles. The average Bonchev–Trinajstić information content (AvgIpc) is 3.54. The van der Waals surface area contributed by atoms with Gasteiger partial charge in [0.1, 0.15) is 17.6 Å². The molecule has 0 radical (unpaired) electrons. The molecule has 35 heavy (non-hydrogen) atoms. The number of benzene rings is 1. The monoisotopic (exact) mass is 499 g/mol. The van der Waals surface area contributed by atoms with E-state index in [0.29, 0.717) is 29.9 Å². The number of nitrogens with one attached hydrogen (secondary N) is 4. The summed E-state index contributed by atoms with van der Waals surface area (Å²) in [6.45, 7) is 3.48. The van der Waals surface area contributed by atoms with Crippen LogP contribution in [0.25, 0.3) is 0 Å². The van der Waals surface area contributed by atoms with Crippen LogP contribution in [0, 0.1) is 5.41 Å². The minimum atomic E-state index is -0.976. The van der Waals surface area contributed by atoms with Crippen molar-refractivity contribution in [2.24, 2.45) is 5.73 Å². The minimum Gasteiger partial charge on any atom is -0.494 e. The highest BCUT2D eigenvalue weighted by Crippen LogP contribution is 2.18. The predicted molar refractivity (Wildman–Crippen MR) is 136 cm³/mol. The third kappa shape index (κ3) is 7.90. The molecule has 9 nitrogen and oxygen atoms in total. The topological polar surface area (TPSA) is 146 Å². The number of carbonyl (C=O) groups is 3. The van der Waals surface area contributed by atoms with E-state index >= 15 is 0 Å². The number of imide groups is 1. The highest BCUT2D eigenvalue weighted by Gasteiger charge is 2.28. The summed E-state index contributed by atoms with van der Waals surface area (Å²) >= 11 is 1.34. The molecule has 10 heteroatoms. The Bertz CT molecular complexity index is 1030. The molecular formula is C25H33N5O4S. The van der Waals surface area contributed by atoms with E-state index in [4.69, 9.17) is 15.9 Å². The summed E-state index contributed by atoms with van der Waals surface area (Å²) in [6, 6.07) is 7.07. The molecule has 0 aliphatic carbocycles. The van der Waals surface area contributed by atoms with Crippen molar-refractivity contribution in [2.75, 3.05) is 13.2 Å². The van der Waals surface area contributed by atoms with Crippen LogP contribution in [0.2, 0.25) is 0 Å². The Morgan fingerprint density at radius 3 is 2.63 bits per heavy atom. The Morgan fingerprint density at radius 2 is 2.00 bits per heavy atom. The summed E-state index contributed by atoms with van der Waals surface area (Å²) in [6.07, 6.45) is 4.88. The van der Waals surface area contributed by atoms with Crippen molar-refractivity contribution >= 4 is 34.9 Å². The van der Waals surface area contributed by atoms with Crippen LogP contribution < -0.4 is 26.4 Å². The Morgan fingerprint density at radius 1 is 1.23 bits per heavy atom. The van der Waals surface area contributed by atoms with Crippen LogP contribution in [0.1, 0.15) is 59.8 Å². The van der Waals surface area contributed by atoms with E-state index in [0.717, 1.165) is 37.1 Å². The Kier molecular flexibility index (Phi) is 9.80. The molecule has 6 N–H and O–H groups in total. The lowest BCUT2D eigenvalue weighted by Gasteiger charge is -2.19. The fraction of sp³-hybridized carbons (Fsp3) is 0.440. The SMILES string of the molecule is CCCCCOc1ccc(C(=O)N[C@@H](Cc2cc(C(=N)N)cs2)C(=O)NC(=O)[C@@H]2CCCN2)cc1. The van der Waals surface area contributed by atoms with Crippen LogP contribution in [0.3, 0.4) is 0 Å². The second-order valence-corrected chi connectivity index (χ2v) is 9.52. The van der Waals surface area contributed by atoms with E-state index in [9.17, 15) is 14.4 Å².